The summed E-state index contributed by atoms with van der Waals surface area (Å²) >= 11 is 0. The van der Waals surface area contributed by atoms with Gasteiger partial charge in [-0.05, 0) is 93.9 Å². The normalized spacial score (nSPS) is 19.6. The molecule has 236 valence electrons. The van der Waals surface area contributed by atoms with Crippen LogP contribution in [-0.4, -0.2) is 76.6 Å². The first kappa shape index (κ1) is 33.8. The predicted molar refractivity (Wildman–Crippen MR) is 161 cm³/mol. The number of hydrogen-bond donors (Lipinski definition) is 4. The zero-order valence-electron chi connectivity index (χ0n) is 25.0. The summed E-state index contributed by atoms with van der Waals surface area (Å²) < 4.78 is 18.8. The van der Waals surface area contributed by atoms with Crippen LogP contribution in [0.15, 0.2) is 42.5 Å². The molecule has 2 aromatic carbocycles. The number of carboxylic acids is 2. The number of rotatable bonds is 12. The average molecular weight is 602 g/mol. The lowest BCUT2D eigenvalue weighted by atomic mass is 9.80. The van der Waals surface area contributed by atoms with Crippen molar-refractivity contribution in [1.82, 2.24) is 10.2 Å². The fourth-order valence-corrected chi connectivity index (χ4v) is 6.25. The molecule has 4 N–H and O–H groups in total. The van der Waals surface area contributed by atoms with Crippen LogP contribution >= 0.6 is 0 Å². The number of aliphatic carboxylic acids is 2. The molecule has 2 aliphatic rings. The topological polar surface area (TPSA) is 140 Å². The molecule has 2 atom stereocenters. The summed E-state index contributed by atoms with van der Waals surface area (Å²) in [6.45, 7) is 4.73. The molecule has 2 aromatic rings. The Morgan fingerprint density at radius 3 is 2.26 bits per heavy atom. The van der Waals surface area contributed by atoms with E-state index in [2.05, 4.69) is 10.2 Å². The number of benzene rings is 2. The minimum absolute atomic E-state index is 0.0242. The summed E-state index contributed by atoms with van der Waals surface area (Å²) in [6.07, 6.45) is 9.07. The fraction of sp³-hybridized carbons (Fsp3) is 0.531. The Bertz CT molecular complexity index is 1200. The van der Waals surface area contributed by atoms with Gasteiger partial charge in [0.1, 0.15) is 11.6 Å². The Morgan fingerprint density at radius 2 is 1.65 bits per heavy atom. The molecule has 0 spiro atoms. The molecule has 2 fully saturated rings. The van der Waals surface area contributed by atoms with Crippen molar-refractivity contribution in [2.75, 3.05) is 25.1 Å². The predicted octanol–water partition coefficient (Wildman–Crippen LogP) is 5.52. The number of hydrogen-bond acceptors (Lipinski definition) is 6. The first-order valence-corrected chi connectivity index (χ1v) is 14.9. The standard InChI is InChI=1S/C30H42FN3O3.C2H2O4/c1-22-13-14-29(37-2)28(17-22)34(30(35)36)27-19-25-11-8-12-26(20-27)33(25)16-6-4-3-5-15-32-21-23-9-7-10-24(31)18-23;3-1(4)2(5)6/h7,9-10,13-14,17-18,25-27,32H,3-6,8,11-12,15-16,19-21H2,1-2H3,(H,35,36);(H,3,4)(H,5,6). The Labute approximate surface area is 252 Å². The van der Waals surface area contributed by atoms with Crippen LogP contribution in [0.5, 0.6) is 5.75 Å². The van der Waals surface area contributed by atoms with Gasteiger partial charge in [-0.25, -0.2) is 18.8 Å². The molecule has 0 aromatic heterocycles. The molecule has 2 saturated heterocycles. The third kappa shape index (κ3) is 10.2. The van der Waals surface area contributed by atoms with Crippen molar-refractivity contribution in [1.29, 1.82) is 0 Å². The minimum atomic E-state index is -1.82. The quantitative estimate of drug-likeness (QED) is 0.183. The van der Waals surface area contributed by atoms with Crippen LogP contribution in [0.4, 0.5) is 14.9 Å². The van der Waals surface area contributed by atoms with Crippen LogP contribution in [0.1, 0.15) is 68.9 Å². The van der Waals surface area contributed by atoms with Gasteiger partial charge in [0, 0.05) is 24.7 Å². The second-order valence-electron chi connectivity index (χ2n) is 11.3. The van der Waals surface area contributed by atoms with Gasteiger partial charge >= 0.3 is 18.0 Å². The highest BCUT2D eigenvalue weighted by Gasteiger charge is 2.42. The Morgan fingerprint density at radius 1 is 0.977 bits per heavy atom. The maximum absolute atomic E-state index is 13.3. The van der Waals surface area contributed by atoms with Gasteiger partial charge < -0.3 is 25.4 Å². The number of aryl methyl sites for hydroxylation is 1. The van der Waals surface area contributed by atoms with Gasteiger partial charge in [0.05, 0.1) is 12.8 Å². The van der Waals surface area contributed by atoms with Gasteiger partial charge in [-0.3, -0.25) is 9.80 Å². The van der Waals surface area contributed by atoms with E-state index in [1.165, 1.54) is 31.7 Å². The average Bonchev–Trinajstić information content (AvgIpc) is 2.95. The number of fused-ring (bicyclic) bond motifs is 2. The van der Waals surface area contributed by atoms with E-state index in [0.717, 1.165) is 56.3 Å². The van der Waals surface area contributed by atoms with Crippen LogP contribution in [0, 0.1) is 12.7 Å². The zero-order chi connectivity index (χ0) is 31.4. The number of piperidine rings is 2. The van der Waals surface area contributed by atoms with Crippen molar-refractivity contribution < 1.29 is 38.8 Å². The number of anilines is 1. The van der Waals surface area contributed by atoms with Crippen LogP contribution in [0.3, 0.4) is 0 Å². The highest BCUT2D eigenvalue weighted by atomic mass is 19.1. The van der Waals surface area contributed by atoms with E-state index >= 15 is 0 Å². The van der Waals surface area contributed by atoms with E-state index in [9.17, 15) is 14.3 Å². The van der Waals surface area contributed by atoms with Crippen molar-refractivity contribution >= 4 is 23.7 Å². The van der Waals surface area contributed by atoms with E-state index in [0.29, 0.717) is 30.1 Å². The summed E-state index contributed by atoms with van der Waals surface area (Å²) in [5, 5.41) is 28.4. The third-order valence-electron chi connectivity index (χ3n) is 8.19. The van der Waals surface area contributed by atoms with E-state index in [4.69, 9.17) is 24.5 Å². The molecule has 1 amide bonds. The van der Waals surface area contributed by atoms with Crippen molar-refractivity contribution in [2.45, 2.75) is 89.4 Å². The number of carbonyl (C=O) groups is 3. The molecule has 10 nitrogen and oxygen atoms in total. The monoisotopic (exact) mass is 601 g/mol. The highest BCUT2D eigenvalue weighted by Crippen LogP contribution is 2.40. The Kier molecular flexibility index (Phi) is 13.2. The number of nitrogens with one attached hydrogen (secondary N) is 1. The SMILES string of the molecule is COc1ccc(C)cc1N(C(=O)O)C1CC2CCCC(C1)N2CCCCCCNCc1cccc(F)c1.O=C(O)C(=O)O. The fourth-order valence-electron chi connectivity index (χ4n) is 6.25. The highest BCUT2D eigenvalue weighted by molar-refractivity contribution is 6.27. The molecule has 11 heteroatoms. The first-order chi connectivity index (χ1) is 20.6. The molecule has 2 bridgehead atoms. The smallest absolute Gasteiger partial charge is 0.414 e. The Balaban J connectivity index is 0.000000765. The summed E-state index contributed by atoms with van der Waals surface area (Å²) in [5.41, 5.74) is 2.68. The van der Waals surface area contributed by atoms with Crippen molar-refractivity contribution in [2.24, 2.45) is 0 Å². The van der Waals surface area contributed by atoms with E-state index in [1.807, 2.05) is 31.2 Å². The molecule has 0 radical (unpaired) electrons. The zero-order valence-corrected chi connectivity index (χ0v) is 25.0. The molecule has 0 saturated carbocycles. The lowest BCUT2D eigenvalue weighted by molar-refractivity contribution is -0.159. The molecular formula is C32H44FN3O7. The van der Waals surface area contributed by atoms with Crippen molar-refractivity contribution in [3.05, 3.63) is 59.4 Å². The number of halogens is 1. The minimum Gasteiger partial charge on any atom is -0.495 e. The summed E-state index contributed by atoms with van der Waals surface area (Å²) in [5.74, 6) is -3.21. The van der Waals surface area contributed by atoms with Gasteiger partial charge in [-0.2, -0.15) is 0 Å². The van der Waals surface area contributed by atoms with Gasteiger partial charge in [0.25, 0.3) is 0 Å². The molecule has 2 heterocycles. The second-order valence-corrected chi connectivity index (χ2v) is 11.3. The van der Waals surface area contributed by atoms with Crippen LogP contribution < -0.4 is 15.0 Å². The molecule has 4 rings (SSSR count). The van der Waals surface area contributed by atoms with Crippen molar-refractivity contribution in [3.63, 3.8) is 0 Å². The number of carboxylic acid groups (broad SMARTS) is 3. The molecule has 2 unspecified atom stereocenters. The van der Waals surface area contributed by atoms with Crippen LogP contribution in [0.25, 0.3) is 0 Å². The third-order valence-corrected chi connectivity index (χ3v) is 8.19. The Hall–Kier alpha value is -3.70. The number of unbranched alkanes of at least 4 members (excludes halogenated alkanes) is 3. The maximum atomic E-state index is 13.3. The molecule has 2 aliphatic heterocycles. The van der Waals surface area contributed by atoms with Gasteiger partial charge in [-0.15, -0.1) is 0 Å². The summed E-state index contributed by atoms with van der Waals surface area (Å²) in [6, 6.07) is 13.4. The van der Waals surface area contributed by atoms with E-state index < -0.39 is 18.0 Å². The van der Waals surface area contributed by atoms with Gasteiger partial charge in [0.15, 0.2) is 0 Å². The lowest BCUT2D eigenvalue weighted by Gasteiger charge is -2.50. The first-order valence-electron chi connectivity index (χ1n) is 14.9. The molecular weight excluding hydrogens is 557 g/mol. The van der Waals surface area contributed by atoms with Crippen LogP contribution in [-0.2, 0) is 16.1 Å². The number of methoxy groups -OCH3 is 1. The van der Waals surface area contributed by atoms with Crippen LogP contribution in [0.2, 0.25) is 0 Å². The van der Waals surface area contributed by atoms with Gasteiger partial charge in [0.2, 0.25) is 0 Å². The summed E-state index contributed by atoms with van der Waals surface area (Å²) in [7, 11) is 1.60. The lowest BCUT2D eigenvalue weighted by Crippen LogP contribution is -2.58. The van der Waals surface area contributed by atoms with E-state index in [1.54, 1.807) is 24.1 Å². The van der Waals surface area contributed by atoms with Gasteiger partial charge in [-0.1, -0.05) is 37.5 Å². The second kappa shape index (κ2) is 16.8. The molecule has 0 aliphatic carbocycles. The number of nitrogens with zero attached hydrogens (tertiary/aromatic N) is 2. The van der Waals surface area contributed by atoms with E-state index in [-0.39, 0.29) is 11.9 Å². The maximum Gasteiger partial charge on any atom is 0.414 e. The summed E-state index contributed by atoms with van der Waals surface area (Å²) in [4.78, 5) is 34.9. The largest absolute Gasteiger partial charge is 0.495 e. The van der Waals surface area contributed by atoms with Crippen molar-refractivity contribution in [3.8, 4) is 5.75 Å². The number of ether oxygens (including phenoxy) is 1. The number of amides is 1. The molecule has 43 heavy (non-hydrogen) atoms.